The number of thiazole rings is 1. The Labute approximate surface area is 165 Å². The van der Waals surface area contributed by atoms with Crippen molar-refractivity contribution in [2.45, 2.75) is 19.5 Å². The molecule has 0 bridgehead atoms. The van der Waals surface area contributed by atoms with Crippen LogP contribution in [0.4, 0.5) is 0 Å². The molecular formula is C17H25Cl2N3O2S. The zero-order valence-corrected chi connectivity index (χ0v) is 17.1. The van der Waals surface area contributed by atoms with E-state index in [0.717, 1.165) is 53.9 Å². The number of ether oxygens (including phenoxy) is 2. The molecule has 1 N–H and O–H groups in total. The van der Waals surface area contributed by atoms with Crippen molar-refractivity contribution >= 4 is 36.2 Å². The third-order valence-corrected chi connectivity index (χ3v) is 5.12. The minimum atomic E-state index is 0. The van der Waals surface area contributed by atoms with Gasteiger partial charge in [-0.3, -0.25) is 4.90 Å². The first-order valence-corrected chi connectivity index (χ1v) is 8.71. The van der Waals surface area contributed by atoms with Crippen molar-refractivity contribution in [3.63, 3.8) is 0 Å². The highest BCUT2D eigenvalue weighted by atomic mass is 35.5. The molecule has 2 heterocycles. The van der Waals surface area contributed by atoms with Crippen LogP contribution in [-0.2, 0) is 6.54 Å². The first-order valence-electron chi connectivity index (χ1n) is 7.83. The average molecular weight is 406 g/mol. The number of halogens is 2. The fourth-order valence-electron chi connectivity index (χ4n) is 2.80. The third-order valence-electron chi connectivity index (χ3n) is 4.19. The summed E-state index contributed by atoms with van der Waals surface area (Å²) in [6.07, 6.45) is 0. The number of rotatable bonds is 5. The van der Waals surface area contributed by atoms with Crippen molar-refractivity contribution in [1.82, 2.24) is 15.2 Å². The molecule has 1 atom stereocenters. The molecule has 0 aliphatic carbocycles. The van der Waals surface area contributed by atoms with Crippen LogP contribution in [0.25, 0.3) is 10.6 Å². The number of nitrogens with zero attached hydrogens (tertiary/aromatic N) is 2. The number of nitrogens with one attached hydrogen (secondary N) is 1. The van der Waals surface area contributed by atoms with Gasteiger partial charge in [-0.15, -0.1) is 36.2 Å². The molecule has 5 nitrogen and oxygen atoms in total. The zero-order chi connectivity index (χ0) is 16.2. The second kappa shape index (κ2) is 10.2. The van der Waals surface area contributed by atoms with Crippen molar-refractivity contribution in [2.24, 2.45) is 0 Å². The average Bonchev–Trinajstić information content (AvgIpc) is 3.04. The number of methoxy groups -OCH3 is 2. The van der Waals surface area contributed by atoms with E-state index in [2.05, 4.69) is 22.5 Å². The lowest BCUT2D eigenvalue weighted by atomic mass is 10.2. The highest BCUT2D eigenvalue weighted by Gasteiger charge is 2.19. The van der Waals surface area contributed by atoms with Gasteiger partial charge in [0.15, 0.2) is 0 Å². The molecule has 1 aliphatic rings. The zero-order valence-electron chi connectivity index (χ0n) is 14.7. The normalized spacial score (nSPS) is 17.3. The summed E-state index contributed by atoms with van der Waals surface area (Å²) >= 11 is 1.66. The molecule has 8 heteroatoms. The van der Waals surface area contributed by atoms with Gasteiger partial charge < -0.3 is 14.8 Å². The molecule has 0 radical (unpaired) electrons. The second-order valence-electron chi connectivity index (χ2n) is 5.73. The van der Waals surface area contributed by atoms with Crippen LogP contribution >= 0.6 is 36.2 Å². The van der Waals surface area contributed by atoms with Gasteiger partial charge in [0.25, 0.3) is 0 Å². The van der Waals surface area contributed by atoms with E-state index in [1.807, 2.05) is 18.2 Å². The van der Waals surface area contributed by atoms with Crippen molar-refractivity contribution in [1.29, 1.82) is 0 Å². The molecule has 0 unspecified atom stereocenters. The third kappa shape index (κ3) is 5.21. The van der Waals surface area contributed by atoms with E-state index >= 15 is 0 Å². The molecule has 1 aromatic heterocycles. The molecule has 1 aromatic carbocycles. The number of aromatic nitrogens is 1. The summed E-state index contributed by atoms with van der Waals surface area (Å²) in [5.74, 6) is 1.58. The van der Waals surface area contributed by atoms with Gasteiger partial charge in [-0.2, -0.15) is 0 Å². The Kier molecular flexibility index (Phi) is 8.96. The molecular weight excluding hydrogens is 381 g/mol. The van der Waals surface area contributed by atoms with E-state index in [1.165, 1.54) is 0 Å². The van der Waals surface area contributed by atoms with Crippen LogP contribution in [0.1, 0.15) is 12.6 Å². The smallest absolute Gasteiger partial charge is 0.132 e. The minimum Gasteiger partial charge on any atom is -0.497 e. The first kappa shape index (κ1) is 22.0. The van der Waals surface area contributed by atoms with Crippen LogP contribution in [0.2, 0.25) is 0 Å². The Morgan fingerprint density at radius 2 is 2.08 bits per heavy atom. The summed E-state index contributed by atoms with van der Waals surface area (Å²) in [6, 6.07) is 6.39. The van der Waals surface area contributed by atoms with E-state index in [0.29, 0.717) is 6.04 Å². The lowest BCUT2D eigenvalue weighted by Crippen LogP contribution is -2.49. The maximum atomic E-state index is 5.49. The Balaban J connectivity index is 0.00000156. The number of benzene rings is 1. The van der Waals surface area contributed by atoms with Gasteiger partial charge in [-0.25, -0.2) is 4.98 Å². The van der Waals surface area contributed by atoms with Crippen molar-refractivity contribution in [2.75, 3.05) is 33.9 Å². The van der Waals surface area contributed by atoms with Crippen LogP contribution in [0.15, 0.2) is 23.6 Å². The van der Waals surface area contributed by atoms with Gasteiger partial charge in [0, 0.05) is 43.7 Å². The fourth-order valence-corrected chi connectivity index (χ4v) is 3.65. The largest absolute Gasteiger partial charge is 0.497 e. The van der Waals surface area contributed by atoms with Crippen LogP contribution in [0, 0.1) is 0 Å². The van der Waals surface area contributed by atoms with E-state index in [-0.39, 0.29) is 24.8 Å². The van der Waals surface area contributed by atoms with Crippen LogP contribution in [0.3, 0.4) is 0 Å². The number of hydrogen-bond acceptors (Lipinski definition) is 6. The summed E-state index contributed by atoms with van der Waals surface area (Å²) in [7, 11) is 3.33. The predicted molar refractivity (Wildman–Crippen MR) is 108 cm³/mol. The van der Waals surface area contributed by atoms with E-state index < -0.39 is 0 Å². The minimum absolute atomic E-state index is 0. The molecule has 0 amide bonds. The number of piperazine rings is 1. The van der Waals surface area contributed by atoms with E-state index in [1.54, 1.807) is 25.6 Å². The molecule has 140 valence electrons. The van der Waals surface area contributed by atoms with Crippen LogP contribution in [-0.4, -0.2) is 49.8 Å². The molecule has 1 saturated heterocycles. The SMILES string of the molecule is COc1ccc(-c2nc(CN3CCNC[C@@H]3C)cs2)c(OC)c1.Cl.Cl. The Morgan fingerprint density at radius 3 is 2.76 bits per heavy atom. The molecule has 1 fully saturated rings. The van der Waals surface area contributed by atoms with Crippen molar-refractivity contribution in [3.8, 4) is 22.1 Å². The fraction of sp³-hybridized carbons (Fsp3) is 0.471. The van der Waals surface area contributed by atoms with Gasteiger partial charge in [0.05, 0.1) is 25.5 Å². The molecule has 0 saturated carbocycles. The Morgan fingerprint density at radius 1 is 1.28 bits per heavy atom. The lowest BCUT2D eigenvalue weighted by Gasteiger charge is -2.33. The summed E-state index contributed by atoms with van der Waals surface area (Å²) < 4.78 is 10.7. The summed E-state index contributed by atoms with van der Waals surface area (Å²) in [6.45, 7) is 6.32. The van der Waals surface area contributed by atoms with Crippen LogP contribution in [0.5, 0.6) is 11.5 Å². The first-order chi connectivity index (χ1) is 11.2. The highest BCUT2D eigenvalue weighted by molar-refractivity contribution is 7.13. The monoisotopic (exact) mass is 405 g/mol. The Bertz CT molecular complexity index is 669. The van der Waals surface area contributed by atoms with E-state index in [9.17, 15) is 0 Å². The second-order valence-corrected chi connectivity index (χ2v) is 6.59. The topological polar surface area (TPSA) is 46.6 Å². The lowest BCUT2D eigenvalue weighted by molar-refractivity contribution is 0.164. The predicted octanol–water partition coefficient (Wildman–Crippen LogP) is 3.46. The van der Waals surface area contributed by atoms with Gasteiger partial charge in [-0.05, 0) is 19.1 Å². The molecule has 2 aromatic rings. The van der Waals surface area contributed by atoms with Gasteiger partial charge in [0.1, 0.15) is 16.5 Å². The molecule has 0 spiro atoms. The van der Waals surface area contributed by atoms with Crippen molar-refractivity contribution < 1.29 is 9.47 Å². The van der Waals surface area contributed by atoms with Gasteiger partial charge in [-0.1, -0.05) is 0 Å². The van der Waals surface area contributed by atoms with Gasteiger partial charge >= 0.3 is 0 Å². The maximum absolute atomic E-state index is 5.49. The summed E-state index contributed by atoms with van der Waals surface area (Å²) in [4.78, 5) is 7.28. The van der Waals surface area contributed by atoms with Gasteiger partial charge in [0.2, 0.25) is 0 Å². The molecule has 1 aliphatic heterocycles. The van der Waals surface area contributed by atoms with E-state index in [4.69, 9.17) is 14.5 Å². The standard InChI is InChI=1S/C17H23N3O2S.2ClH/c1-12-9-18-6-7-20(12)10-13-11-23-17(19-13)15-5-4-14(21-2)8-16(15)22-3;;/h4-5,8,11-12,18H,6-7,9-10H2,1-3H3;2*1H/t12-;;/m0../s1. The maximum Gasteiger partial charge on any atom is 0.132 e. The molecule has 3 rings (SSSR count). The highest BCUT2D eigenvalue weighted by Crippen LogP contribution is 2.35. The number of hydrogen-bond donors (Lipinski definition) is 1. The summed E-state index contributed by atoms with van der Waals surface area (Å²) in [5, 5.41) is 6.55. The Hall–Kier alpha value is -1.05. The van der Waals surface area contributed by atoms with Crippen molar-refractivity contribution in [3.05, 3.63) is 29.3 Å². The van der Waals surface area contributed by atoms with Crippen LogP contribution < -0.4 is 14.8 Å². The summed E-state index contributed by atoms with van der Waals surface area (Å²) in [5.41, 5.74) is 2.13. The molecule has 25 heavy (non-hydrogen) atoms. The quantitative estimate of drug-likeness (QED) is 0.824.